The van der Waals surface area contributed by atoms with Crippen LogP contribution >= 0.6 is 0 Å². The normalized spacial score (nSPS) is 19.8. The molecule has 1 unspecified atom stereocenters. The fourth-order valence-electron chi connectivity index (χ4n) is 3.17. The van der Waals surface area contributed by atoms with Crippen molar-refractivity contribution in [2.24, 2.45) is 0 Å². The number of nitrogens with zero attached hydrogens (tertiary/aromatic N) is 1. The van der Waals surface area contributed by atoms with E-state index in [2.05, 4.69) is 31.0 Å². The molecular weight excluding hydrogens is 208 g/mol. The molecule has 0 aliphatic heterocycles. The molecule has 17 heavy (non-hydrogen) atoms. The van der Waals surface area contributed by atoms with Crippen LogP contribution in [0.4, 0.5) is 0 Å². The van der Waals surface area contributed by atoms with Crippen LogP contribution in [0.2, 0.25) is 0 Å². The first-order valence-electron chi connectivity index (χ1n) is 7.79. The third kappa shape index (κ3) is 4.97. The van der Waals surface area contributed by atoms with Crippen molar-refractivity contribution in [3.05, 3.63) is 0 Å². The third-order valence-electron chi connectivity index (χ3n) is 4.16. The van der Waals surface area contributed by atoms with Gasteiger partial charge in [0.25, 0.3) is 0 Å². The summed E-state index contributed by atoms with van der Waals surface area (Å²) in [7, 11) is 0. The zero-order chi connectivity index (χ0) is 12.5. The van der Waals surface area contributed by atoms with Crippen LogP contribution in [0.5, 0.6) is 0 Å². The lowest BCUT2D eigenvalue weighted by Crippen LogP contribution is -2.48. The molecule has 0 bridgehead atoms. The molecule has 0 saturated heterocycles. The number of likely N-dealkylation sites (N-methyl/N-ethyl adjacent to an activating group) is 1. The predicted molar refractivity (Wildman–Crippen MR) is 76.5 cm³/mol. The molecule has 1 atom stereocenters. The molecule has 1 rings (SSSR count). The molecule has 0 aromatic rings. The first kappa shape index (κ1) is 15.0. The van der Waals surface area contributed by atoms with Crippen molar-refractivity contribution < 1.29 is 0 Å². The maximum absolute atomic E-state index is 3.60. The minimum atomic E-state index is 0.745. The summed E-state index contributed by atoms with van der Waals surface area (Å²) >= 11 is 0. The summed E-state index contributed by atoms with van der Waals surface area (Å²) in [5, 5.41) is 3.60. The maximum Gasteiger partial charge on any atom is 0.0220 e. The molecule has 0 amide bonds. The minimum Gasteiger partial charge on any atom is -0.315 e. The third-order valence-corrected chi connectivity index (χ3v) is 4.16. The molecule has 0 radical (unpaired) electrons. The van der Waals surface area contributed by atoms with Crippen molar-refractivity contribution in [1.29, 1.82) is 0 Å². The van der Waals surface area contributed by atoms with Gasteiger partial charge in [-0.25, -0.2) is 0 Å². The Morgan fingerprint density at radius 1 is 1.12 bits per heavy atom. The quantitative estimate of drug-likeness (QED) is 0.654. The lowest BCUT2D eigenvalue weighted by molar-refractivity contribution is 0.106. The molecule has 1 aliphatic rings. The van der Waals surface area contributed by atoms with Crippen molar-refractivity contribution in [1.82, 2.24) is 10.2 Å². The highest BCUT2D eigenvalue weighted by Gasteiger charge is 2.24. The van der Waals surface area contributed by atoms with Crippen LogP contribution in [0.25, 0.3) is 0 Å². The number of hydrogen-bond acceptors (Lipinski definition) is 2. The smallest absolute Gasteiger partial charge is 0.0220 e. The van der Waals surface area contributed by atoms with E-state index in [1.54, 1.807) is 0 Å². The molecule has 2 heteroatoms. The van der Waals surface area contributed by atoms with Gasteiger partial charge in [0, 0.05) is 18.6 Å². The average Bonchev–Trinajstić information content (AvgIpc) is 2.39. The van der Waals surface area contributed by atoms with Gasteiger partial charge in [-0.05, 0) is 38.8 Å². The fraction of sp³-hybridized carbons (Fsp3) is 1.00. The minimum absolute atomic E-state index is 0.745. The Kier molecular flexibility index (Phi) is 7.87. The molecular formula is C15H32N2. The molecule has 0 spiro atoms. The van der Waals surface area contributed by atoms with Gasteiger partial charge in [-0.15, -0.1) is 0 Å². The lowest BCUT2D eigenvalue weighted by atomic mass is 9.92. The number of nitrogens with one attached hydrogen (secondary N) is 1. The van der Waals surface area contributed by atoms with Crippen LogP contribution in [0.15, 0.2) is 0 Å². The monoisotopic (exact) mass is 240 g/mol. The van der Waals surface area contributed by atoms with E-state index in [1.165, 1.54) is 64.6 Å². The molecule has 0 heterocycles. The summed E-state index contributed by atoms with van der Waals surface area (Å²) in [6.45, 7) is 10.5. The zero-order valence-corrected chi connectivity index (χ0v) is 12.2. The van der Waals surface area contributed by atoms with Gasteiger partial charge >= 0.3 is 0 Å². The molecule has 1 fully saturated rings. The maximum atomic E-state index is 3.60. The highest BCUT2D eigenvalue weighted by molar-refractivity contribution is 4.81. The second-order valence-corrected chi connectivity index (χ2v) is 5.39. The van der Waals surface area contributed by atoms with Crippen LogP contribution in [0.1, 0.15) is 65.7 Å². The zero-order valence-electron chi connectivity index (χ0n) is 12.2. The summed E-state index contributed by atoms with van der Waals surface area (Å²) in [6, 6.07) is 1.61. The van der Waals surface area contributed by atoms with E-state index in [0.717, 1.165) is 12.1 Å². The Balaban J connectivity index is 2.43. The molecule has 1 aliphatic carbocycles. The van der Waals surface area contributed by atoms with E-state index in [-0.39, 0.29) is 0 Å². The van der Waals surface area contributed by atoms with E-state index < -0.39 is 0 Å². The van der Waals surface area contributed by atoms with Crippen molar-refractivity contribution in [3.63, 3.8) is 0 Å². The Labute approximate surface area is 108 Å². The Morgan fingerprint density at radius 3 is 2.35 bits per heavy atom. The van der Waals surface area contributed by atoms with E-state index in [1.807, 2.05) is 0 Å². The summed E-state index contributed by atoms with van der Waals surface area (Å²) < 4.78 is 0. The van der Waals surface area contributed by atoms with Crippen LogP contribution in [-0.2, 0) is 0 Å². The Morgan fingerprint density at radius 2 is 1.82 bits per heavy atom. The molecule has 2 nitrogen and oxygen atoms in total. The summed E-state index contributed by atoms with van der Waals surface area (Å²) in [5.74, 6) is 0. The number of hydrogen-bond donors (Lipinski definition) is 1. The summed E-state index contributed by atoms with van der Waals surface area (Å²) in [5.41, 5.74) is 0. The van der Waals surface area contributed by atoms with Crippen molar-refractivity contribution >= 4 is 0 Å². The predicted octanol–water partition coefficient (Wildman–Crippen LogP) is 3.42. The van der Waals surface area contributed by atoms with Gasteiger partial charge in [-0.3, -0.25) is 4.90 Å². The average molecular weight is 240 g/mol. The van der Waals surface area contributed by atoms with Crippen molar-refractivity contribution in [3.8, 4) is 0 Å². The topological polar surface area (TPSA) is 15.3 Å². The molecule has 102 valence electrons. The van der Waals surface area contributed by atoms with E-state index in [9.17, 15) is 0 Å². The highest BCUT2D eigenvalue weighted by atomic mass is 15.2. The second-order valence-electron chi connectivity index (χ2n) is 5.39. The molecule has 0 aromatic heterocycles. The van der Waals surface area contributed by atoms with Crippen LogP contribution in [-0.4, -0.2) is 36.6 Å². The number of rotatable bonds is 8. The van der Waals surface area contributed by atoms with Gasteiger partial charge in [0.1, 0.15) is 0 Å². The van der Waals surface area contributed by atoms with Crippen molar-refractivity contribution in [2.45, 2.75) is 77.8 Å². The highest BCUT2D eigenvalue weighted by Crippen LogP contribution is 2.24. The molecule has 1 saturated carbocycles. The van der Waals surface area contributed by atoms with E-state index in [4.69, 9.17) is 0 Å². The SMILES string of the molecule is CCCNCC(CC)N(CC)C1CCCCC1. The van der Waals surface area contributed by atoms with Crippen LogP contribution in [0.3, 0.4) is 0 Å². The van der Waals surface area contributed by atoms with Gasteiger partial charge in [0.2, 0.25) is 0 Å². The van der Waals surface area contributed by atoms with Crippen LogP contribution < -0.4 is 5.32 Å². The first-order chi connectivity index (χ1) is 8.33. The second kappa shape index (κ2) is 8.93. The van der Waals surface area contributed by atoms with Crippen LogP contribution in [0, 0.1) is 0 Å². The lowest BCUT2D eigenvalue weighted by Gasteiger charge is -2.39. The Bertz CT molecular complexity index is 176. The van der Waals surface area contributed by atoms with Gasteiger partial charge < -0.3 is 5.32 Å². The Hall–Kier alpha value is -0.0800. The van der Waals surface area contributed by atoms with Gasteiger partial charge in [0.05, 0.1) is 0 Å². The summed E-state index contributed by atoms with van der Waals surface area (Å²) in [4.78, 5) is 2.77. The standard InChI is InChI=1S/C15H32N2/c1-4-12-16-13-14(5-2)17(6-3)15-10-8-7-9-11-15/h14-16H,4-13H2,1-3H3. The molecule has 0 aromatic carbocycles. The first-order valence-corrected chi connectivity index (χ1v) is 7.79. The van der Waals surface area contributed by atoms with E-state index >= 15 is 0 Å². The van der Waals surface area contributed by atoms with Gasteiger partial charge in [-0.2, -0.15) is 0 Å². The molecule has 1 N–H and O–H groups in total. The van der Waals surface area contributed by atoms with E-state index in [0.29, 0.717) is 0 Å². The largest absolute Gasteiger partial charge is 0.315 e. The fourth-order valence-corrected chi connectivity index (χ4v) is 3.17. The van der Waals surface area contributed by atoms with Gasteiger partial charge in [0.15, 0.2) is 0 Å². The summed E-state index contributed by atoms with van der Waals surface area (Å²) in [6.07, 6.45) is 9.72. The van der Waals surface area contributed by atoms with Gasteiger partial charge in [-0.1, -0.05) is 40.0 Å². The van der Waals surface area contributed by atoms with Crippen molar-refractivity contribution in [2.75, 3.05) is 19.6 Å².